The van der Waals surface area contributed by atoms with Crippen molar-refractivity contribution in [3.63, 3.8) is 0 Å². The lowest BCUT2D eigenvalue weighted by atomic mass is 9.81. The molecule has 132 valence electrons. The summed E-state index contributed by atoms with van der Waals surface area (Å²) in [4.78, 5) is 38.6. The number of benzene rings is 1. The van der Waals surface area contributed by atoms with E-state index in [-0.39, 0.29) is 42.5 Å². The number of carbonyl (C=O) groups is 3. The second-order valence-corrected chi connectivity index (χ2v) is 7.98. The van der Waals surface area contributed by atoms with Crippen molar-refractivity contribution in [3.05, 3.63) is 28.2 Å². The smallest absolute Gasteiger partial charge is 0.233 e. The predicted octanol–water partition coefficient (Wildman–Crippen LogP) is 3.35. The lowest BCUT2D eigenvalue weighted by Gasteiger charge is -2.19. The van der Waals surface area contributed by atoms with Crippen LogP contribution < -0.4 is 5.32 Å². The lowest BCUT2D eigenvalue weighted by molar-refractivity contribution is -0.140. The number of imide groups is 1. The highest BCUT2D eigenvalue weighted by Crippen LogP contribution is 2.56. The Morgan fingerprint density at radius 2 is 1.76 bits per heavy atom. The van der Waals surface area contributed by atoms with Gasteiger partial charge in [-0.05, 0) is 49.3 Å². The highest BCUT2D eigenvalue weighted by Gasteiger charge is 2.60. The SMILES string of the molecule is O=C(CCN1C(=O)[C@H]2[C@@H]3CC[C@@H](C3)[C@@H]2C1=O)Nc1ccc(Cl)cc1Cl. The average molecular weight is 381 g/mol. The predicted molar refractivity (Wildman–Crippen MR) is 94.2 cm³/mol. The van der Waals surface area contributed by atoms with Crippen LogP contribution in [0.3, 0.4) is 0 Å². The highest BCUT2D eigenvalue weighted by molar-refractivity contribution is 6.36. The highest BCUT2D eigenvalue weighted by atomic mass is 35.5. The van der Waals surface area contributed by atoms with E-state index in [2.05, 4.69) is 5.32 Å². The molecule has 5 nitrogen and oxygen atoms in total. The third-order valence-electron chi connectivity index (χ3n) is 5.79. The minimum Gasteiger partial charge on any atom is -0.325 e. The van der Waals surface area contributed by atoms with E-state index in [4.69, 9.17) is 23.2 Å². The van der Waals surface area contributed by atoms with Gasteiger partial charge in [0.05, 0.1) is 22.5 Å². The number of anilines is 1. The Balaban J connectivity index is 1.37. The molecule has 1 heterocycles. The standard InChI is InChI=1S/C18H18Cl2N2O3/c19-11-3-4-13(12(20)8-11)21-14(23)5-6-22-17(24)15-9-1-2-10(7-9)16(15)18(22)25/h3-4,8-10,15-16H,1-2,5-7H2,(H,21,23)/t9-,10+,15-,16-/m0/s1. The summed E-state index contributed by atoms with van der Waals surface area (Å²) >= 11 is 11.9. The van der Waals surface area contributed by atoms with E-state index in [1.807, 2.05) is 0 Å². The maximum absolute atomic E-state index is 12.6. The zero-order chi connectivity index (χ0) is 17.7. The van der Waals surface area contributed by atoms with Crippen molar-refractivity contribution in [2.75, 3.05) is 11.9 Å². The van der Waals surface area contributed by atoms with E-state index >= 15 is 0 Å². The fourth-order valence-electron chi connectivity index (χ4n) is 4.71. The van der Waals surface area contributed by atoms with Crippen molar-refractivity contribution in [2.24, 2.45) is 23.7 Å². The first-order valence-corrected chi connectivity index (χ1v) is 9.31. The van der Waals surface area contributed by atoms with E-state index in [0.29, 0.717) is 27.6 Å². The Labute approximate surface area is 155 Å². The number of halogens is 2. The molecule has 3 amide bonds. The number of rotatable bonds is 4. The van der Waals surface area contributed by atoms with Gasteiger partial charge in [0.1, 0.15) is 0 Å². The first-order valence-electron chi connectivity index (χ1n) is 8.56. The average Bonchev–Trinajstić information content (AvgIpc) is 3.23. The molecule has 1 saturated heterocycles. The van der Waals surface area contributed by atoms with Crippen LogP contribution in [0.5, 0.6) is 0 Å². The fourth-order valence-corrected chi connectivity index (χ4v) is 5.16. The van der Waals surface area contributed by atoms with Crippen LogP contribution in [0.2, 0.25) is 10.0 Å². The number of fused-ring (bicyclic) bond motifs is 5. The van der Waals surface area contributed by atoms with E-state index in [1.165, 1.54) is 4.90 Å². The van der Waals surface area contributed by atoms with Gasteiger partial charge < -0.3 is 5.32 Å². The third-order valence-corrected chi connectivity index (χ3v) is 6.33. The Bertz CT molecular complexity index is 739. The summed E-state index contributed by atoms with van der Waals surface area (Å²) in [5.74, 6) is -0.0137. The molecule has 1 N–H and O–H groups in total. The Hall–Kier alpha value is -1.59. The molecule has 4 atom stereocenters. The maximum Gasteiger partial charge on any atom is 0.233 e. The molecule has 25 heavy (non-hydrogen) atoms. The largest absolute Gasteiger partial charge is 0.325 e. The molecule has 2 bridgehead atoms. The van der Waals surface area contributed by atoms with E-state index in [1.54, 1.807) is 18.2 Å². The van der Waals surface area contributed by atoms with Gasteiger partial charge in [-0.1, -0.05) is 23.2 Å². The minimum absolute atomic E-state index is 0.0607. The molecule has 0 radical (unpaired) electrons. The van der Waals surface area contributed by atoms with Gasteiger partial charge in [0.15, 0.2) is 0 Å². The number of hydrogen-bond acceptors (Lipinski definition) is 3. The minimum atomic E-state index is -0.287. The van der Waals surface area contributed by atoms with E-state index < -0.39 is 0 Å². The molecule has 2 saturated carbocycles. The number of nitrogens with zero attached hydrogens (tertiary/aromatic N) is 1. The van der Waals surface area contributed by atoms with Gasteiger partial charge >= 0.3 is 0 Å². The summed E-state index contributed by atoms with van der Waals surface area (Å²) in [6.07, 6.45) is 3.17. The Morgan fingerprint density at radius 1 is 1.12 bits per heavy atom. The van der Waals surface area contributed by atoms with Crippen molar-refractivity contribution < 1.29 is 14.4 Å². The fraction of sp³-hybridized carbons (Fsp3) is 0.500. The molecule has 3 fully saturated rings. The van der Waals surface area contributed by atoms with Crippen LogP contribution in [-0.4, -0.2) is 29.2 Å². The summed E-state index contributed by atoms with van der Waals surface area (Å²) in [6, 6.07) is 4.80. The molecule has 4 rings (SSSR count). The van der Waals surface area contributed by atoms with Crippen LogP contribution in [0.4, 0.5) is 5.69 Å². The van der Waals surface area contributed by atoms with Crippen LogP contribution in [0.1, 0.15) is 25.7 Å². The van der Waals surface area contributed by atoms with Crippen LogP contribution in [0.15, 0.2) is 18.2 Å². The summed E-state index contributed by atoms with van der Waals surface area (Å²) < 4.78 is 0. The van der Waals surface area contributed by atoms with Gasteiger partial charge in [-0.3, -0.25) is 19.3 Å². The first kappa shape index (κ1) is 16.9. The second kappa shape index (κ2) is 6.29. The number of amides is 3. The van der Waals surface area contributed by atoms with Crippen molar-refractivity contribution >= 4 is 46.6 Å². The number of carbonyl (C=O) groups excluding carboxylic acids is 3. The molecule has 1 aromatic rings. The van der Waals surface area contributed by atoms with Gasteiger partial charge in [-0.2, -0.15) is 0 Å². The molecule has 1 aromatic carbocycles. The van der Waals surface area contributed by atoms with Crippen LogP contribution >= 0.6 is 23.2 Å². The lowest BCUT2D eigenvalue weighted by Crippen LogP contribution is -2.35. The van der Waals surface area contributed by atoms with Gasteiger partial charge in [0, 0.05) is 18.0 Å². The summed E-state index contributed by atoms with van der Waals surface area (Å²) in [5.41, 5.74) is 0.463. The Morgan fingerprint density at radius 3 is 2.36 bits per heavy atom. The molecular formula is C18H18Cl2N2O3. The molecule has 7 heteroatoms. The van der Waals surface area contributed by atoms with Gasteiger partial charge in [-0.15, -0.1) is 0 Å². The third kappa shape index (κ3) is 2.83. The van der Waals surface area contributed by atoms with Gasteiger partial charge in [0.2, 0.25) is 17.7 Å². The van der Waals surface area contributed by atoms with E-state index in [0.717, 1.165) is 19.3 Å². The van der Waals surface area contributed by atoms with Crippen molar-refractivity contribution in [1.82, 2.24) is 4.90 Å². The normalized spacial score (nSPS) is 30.1. The molecule has 1 aliphatic heterocycles. The quantitative estimate of drug-likeness (QED) is 0.814. The van der Waals surface area contributed by atoms with Crippen molar-refractivity contribution in [3.8, 4) is 0 Å². The van der Waals surface area contributed by atoms with Gasteiger partial charge in [0.25, 0.3) is 0 Å². The van der Waals surface area contributed by atoms with Gasteiger partial charge in [-0.25, -0.2) is 0 Å². The molecular weight excluding hydrogens is 363 g/mol. The topological polar surface area (TPSA) is 66.5 Å². The molecule has 3 aliphatic rings. The molecule has 0 aromatic heterocycles. The van der Waals surface area contributed by atoms with Crippen LogP contribution in [0, 0.1) is 23.7 Å². The second-order valence-electron chi connectivity index (χ2n) is 7.14. The first-order chi connectivity index (χ1) is 12.0. The zero-order valence-electron chi connectivity index (χ0n) is 13.5. The summed E-state index contributed by atoms with van der Waals surface area (Å²) in [7, 11) is 0. The zero-order valence-corrected chi connectivity index (χ0v) is 15.0. The van der Waals surface area contributed by atoms with Crippen LogP contribution in [0.25, 0.3) is 0 Å². The van der Waals surface area contributed by atoms with Crippen molar-refractivity contribution in [2.45, 2.75) is 25.7 Å². The maximum atomic E-state index is 12.6. The monoisotopic (exact) mass is 380 g/mol. The van der Waals surface area contributed by atoms with Crippen molar-refractivity contribution in [1.29, 1.82) is 0 Å². The molecule has 2 aliphatic carbocycles. The number of likely N-dealkylation sites (tertiary alicyclic amines) is 1. The summed E-state index contributed by atoms with van der Waals surface area (Å²) in [6.45, 7) is 0.126. The molecule has 0 unspecified atom stereocenters. The summed E-state index contributed by atoms with van der Waals surface area (Å²) in [5, 5.41) is 3.52. The number of nitrogens with one attached hydrogen (secondary N) is 1. The Kier molecular flexibility index (Phi) is 4.24. The number of hydrogen-bond donors (Lipinski definition) is 1. The molecule has 0 spiro atoms. The van der Waals surface area contributed by atoms with E-state index in [9.17, 15) is 14.4 Å². The van der Waals surface area contributed by atoms with Crippen LogP contribution in [-0.2, 0) is 14.4 Å².